The molecular weight excluding hydrogens is 426 g/mol. The number of likely N-dealkylation sites (tertiary alicyclic amines) is 1. The molecule has 2 saturated heterocycles. The number of hydrogen-bond acceptors (Lipinski definition) is 5. The van der Waals surface area contributed by atoms with Gasteiger partial charge in [0.15, 0.2) is 0 Å². The number of carboxylic acid groups (broad SMARTS) is 1. The van der Waals surface area contributed by atoms with Gasteiger partial charge in [0.05, 0.1) is 36.0 Å². The van der Waals surface area contributed by atoms with Crippen LogP contribution in [0.15, 0.2) is 42.5 Å². The highest BCUT2D eigenvalue weighted by atomic mass is 19.3. The highest BCUT2D eigenvalue weighted by Gasteiger charge is 2.44. The van der Waals surface area contributed by atoms with E-state index in [1.54, 1.807) is 12.1 Å². The van der Waals surface area contributed by atoms with Crippen molar-refractivity contribution < 1.29 is 18.7 Å². The van der Waals surface area contributed by atoms with Crippen molar-refractivity contribution in [3.05, 3.63) is 53.6 Å². The number of nitriles is 1. The molecule has 2 aromatic rings. The minimum Gasteiger partial charge on any atom is -0.481 e. The van der Waals surface area contributed by atoms with Crippen LogP contribution in [0.25, 0.3) is 0 Å². The number of halogens is 2. The van der Waals surface area contributed by atoms with Crippen molar-refractivity contribution in [1.82, 2.24) is 4.90 Å². The number of benzene rings is 2. The van der Waals surface area contributed by atoms with Crippen LogP contribution in [-0.2, 0) is 4.79 Å². The third kappa shape index (κ3) is 5.09. The van der Waals surface area contributed by atoms with Crippen LogP contribution in [0.4, 0.5) is 25.8 Å². The Labute approximate surface area is 192 Å². The summed E-state index contributed by atoms with van der Waals surface area (Å²) in [4.78, 5) is 15.5. The summed E-state index contributed by atoms with van der Waals surface area (Å²) >= 11 is 0. The van der Waals surface area contributed by atoms with Crippen molar-refractivity contribution in [2.75, 3.05) is 29.9 Å². The Kier molecular flexibility index (Phi) is 6.80. The molecule has 6 nitrogen and oxygen atoms in total. The number of fused-ring (bicyclic) bond motifs is 2. The molecule has 8 heteroatoms. The Balaban J connectivity index is 1.63. The van der Waals surface area contributed by atoms with Gasteiger partial charge in [-0.3, -0.25) is 9.69 Å². The maximum atomic E-state index is 12.9. The molecule has 2 fully saturated rings. The molecule has 33 heavy (non-hydrogen) atoms. The van der Waals surface area contributed by atoms with E-state index in [4.69, 9.17) is 5.26 Å². The third-order valence-corrected chi connectivity index (χ3v) is 6.73. The number of anilines is 3. The molecular formula is C25H28F2N4O2. The predicted molar refractivity (Wildman–Crippen MR) is 123 cm³/mol. The van der Waals surface area contributed by atoms with Gasteiger partial charge in [-0.05, 0) is 60.7 Å². The predicted octanol–water partition coefficient (Wildman–Crippen LogP) is 4.80. The zero-order valence-electron chi connectivity index (χ0n) is 18.5. The van der Waals surface area contributed by atoms with Crippen molar-refractivity contribution >= 4 is 23.0 Å². The maximum Gasteiger partial charge on any atom is 0.303 e. The van der Waals surface area contributed by atoms with E-state index in [1.807, 2.05) is 42.2 Å². The van der Waals surface area contributed by atoms with Crippen LogP contribution in [0.2, 0.25) is 0 Å². The molecule has 0 aromatic heterocycles. The second kappa shape index (κ2) is 9.75. The number of carbonyl (C=O) groups is 1. The molecule has 0 aliphatic carbocycles. The summed E-state index contributed by atoms with van der Waals surface area (Å²) in [6.07, 6.45) is -0.699. The molecule has 2 heterocycles. The molecule has 0 amide bonds. The van der Waals surface area contributed by atoms with Crippen LogP contribution in [0.5, 0.6) is 0 Å². The van der Waals surface area contributed by atoms with E-state index < -0.39 is 12.4 Å². The van der Waals surface area contributed by atoms with E-state index in [1.165, 1.54) is 0 Å². The molecule has 4 rings (SSSR count). The van der Waals surface area contributed by atoms with Crippen LogP contribution in [-0.4, -0.2) is 54.1 Å². The first-order valence-corrected chi connectivity index (χ1v) is 11.3. The molecule has 1 unspecified atom stereocenters. The van der Waals surface area contributed by atoms with Gasteiger partial charge in [-0.25, -0.2) is 8.78 Å². The molecule has 2 aliphatic rings. The van der Waals surface area contributed by atoms with Crippen LogP contribution in [0.3, 0.4) is 0 Å². The number of hydrogen-bond donors (Lipinski definition) is 2. The normalized spacial score (nSPS) is 20.8. The first kappa shape index (κ1) is 23.0. The van der Waals surface area contributed by atoms with Crippen LogP contribution < -0.4 is 10.2 Å². The van der Waals surface area contributed by atoms with E-state index in [9.17, 15) is 18.7 Å². The van der Waals surface area contributed by atoms with Crippen LogP contribution >= 0.6 is 0 Å². The number of alkyl halides is 2. The van der Waals surface area contributed by atoms with E-state index in [0.29, 0.717) is 25.1 Å². The molecule has 174 valence electrons. The molecule has 3 atom stereocenters. The lowest BCUT2D eigenvalue weighted by atomic mass is 9.92. The van der Waals surface area contributed by atoms with Crippen molar-refractivity contribution in [1.29, 1.82) is 5.26 Å². The van der Waals surface area contributed by atoms with Crippen LogP contribution in [0, 0.1) is 11.3 Å². The maximum absolute atomic E-state index is 12.9. The monoisotopic (exact) mass is 454 g/mol. The molecule has 2 N–H and O–H groups in total. The zero-order chi connectivity index (χ0) is 23.5. The van der Waals surface area contributed by atoms with Gasteiger partial charge in [0.25, 0.3) is 6.43 Å². The second-order valence-electron chi connectivity index (χ2n) is 8.83. The fraction of sp³-hybridized carbons (Fsp3) is 0.440. The highest BCUT2D eigenvalue weighted by Crippen LogP contribution is 2.41. The summed E-state index contributed by atoms with van der Waals surface area (Å²) in [5.41, 5.74) is 4.18. The topological polar surface area (TPSA) is 79.6 Å². The van der Waals surface area contributed by atoms with Gasteiger partial charge in [-0.15, -0.1) is 0 Å². The number of carboxylic acids is 1. The van der Waals surface area contributed by atoms with Gasteiger partial charge in [-0.1, -0.05) is 13.0 Å². The average Bonchev–Trinajstić information content (AvgIpc) is 3.38. The van der Waals surface area contributed by atoms with Crippen molar-refractivity contribution in [2.24, 2.45) is 0 Å². The van der Waals surface area contributed by atoms with Gasteiger partial charge >= 0.3 is 5.97 Å². The largest absolute Gasteiger partial charge is 0.481 e. The minimum atomic E-state index is -2.33. The molecule has 2 aromatic carbocycles. The van der Waals surface area contributed by atoms with E-state index in [2.05, 4.69) is 16.3 Å². The number of piperazine rings is 1. The van der Waals surface area contributed by atoms with Crippen molar-refractivity contribution in [2.45, 2.75) is 50.6 Å². The zero-order valence-corrected chi connectivity index (χ0v) is 18.5. The number of aliphatic carboxylic acids is 1. The standard InChI is InChI=1S/C25H28F2N4O2/c1-2-17(10-25(32)33)18-5-8-23(22(9-18)29-19-6-3-16(12-28)4-7-19)31-14-20-11-21(31)13-30(20)15-24(26)27/h3-9,17,20-21,24,29H,2,10-11,13-15H2,1H3,(H,32,33)/t17?,20-,21-/m0/s1. The van der Waals surface area contributed by atoms with Crippen LogP contribution in [0.1, 0.15) is 43.2 Å². The van der Waals surface area contributed by atoms with E-state index in [-0.39, 0.29) is 31.0 Å². The Hall–Kier alpha value is -3.18. The minimum absolute atomic E-state index is 0.0587. The molecule has 2 aliphatic heterocycles. The highest BCUT2D eigenvalue weighted by molar-refractivity contribution is 5.78. The summed E-state index contributed by atoms with van der Waals surface area (Å²) in [5.74, 6) is -0.932. The van der Waals surface area contributed by atoms with Crippen molar-refractivity contribution in [3.8, 4) is 6.07 Å². The Morgan fingerprint density at radius 3 is 2.55 bits per heavy atom. The smallest absolute Gasteiger partial charge is 0.303 e. The first-order valence-electron chi connectivity index (χ1n) is 11.3. The van der Waals surface area contributed by atoms with Crippen molar-refractivity contribution in [3.63, 3.8) is 0 Å². The van der Waals surface area contributed by atoms with Gasteiger partial charge < -0.3 is 15.3 Å². The van der Waals surface area contributed by atoms with E-state index in [0.717, 1.165) is 29.0 Å². The summed E-state index contributed by atoms with van der Waals surface area (Å²) in [7, 11) is 0. The fourth-order valence-corrected chi connectivity index (χ4v) is 5.10. The number of nitrogens with zero attached hydrogens (tertiary/aromatic N) is 3. The van der Waals surface area contributed by atoms with Gasteiger partial charge in [0.2, 0.25) is 0 Å². The molecule has 2 bridgehead atoms. The SMILES string of the molecule is CCC(CC(=O)O)c1ccc(N2C[C@@H]3C[C@H]2CN3CC(F)F)c(Nc2ccc(C#N)cc2)c1. The van der Waals surface area contributed by atoms with E-state index >= 15 is 0 Å². The van der Waals surface area contributed by atoms with Gasteiger partial charge in [-0.2, -0.15) is 5.26 Å². The van der Waals surface area contributed by atoms with Gasteiger partial charge in [0, 0.05) is 30.9 Å². The fourth-order valence-electron chi connectivity index (χ4n) is 5.10. The lowest BCUT2D eigenvalue weighted by molar-refractivity contribution is -0.137. The summed E-state index contributed by atoms with van der Waals surface area (Å²) < 4.78 is 25.8. The number of rotatable bonds is 9. The second-order valence-corrected chi connectivity index (χ2v) is 8.83. The third-order valence-electron chi connectivity index (χ3n) is 6.73. The summed E-state index contributed by atoms with van der Waals surface area (Å²) in [6, 6.07) is 15.6. The summed E-state index contributed by atoms with van der Waals surface area (Å²) in [5, 5.41) is 21.8. The number of nitrogens with one attached hydrogen (secondary N) is 1. The van der Waals surface area contributed by atoms with Gasteiger partial charge in [0.1, 0.15) is 0 Å². The molecule has 0 saturated carbocycles. The lowest BCUT2D eigenvalue weighted by Gasteiger charge is -2.36. The molecule has 0 radical (unpaired) electrons. The summed E-state index contributed by atoms with van der Waals surface area (Å²) in [6.45, 7) is 3.10. The average molecular weight is 455 g/mol. The Morgan fingerprint density at radius 2 is 1.97 bits per heavy atom. The first-order chi connectivity index (χ1) is 15.9. The quantitative estimate of drug-likeness (QED) is 0.567. The Morgan fingerprint density at radius 1 is 1.21 bits per heavy atom. The molecule has 0 spiro atoms. The lowest BCUT2D eigenvalue weighted by Crippen LogP contribution is -2.48. The Bertz CT molecular complexity index is 1040.